The molecule has 3 heterocycles. The monoisotopic (exact) mass is 275 g/mol. The molecule has 0 unspecified atom stereocenters. The van der Waals surface area contributed by atoms with E-state index < -0.39 is 18.3 Å². The Bertz CT molecular complexity index is 716. The average molecular weight is 275 g/mol. The van der Waals surface area contributed by atoms with Crippen LogP contribution in [0.2, 0.25) is 0 Å². The highest BCUT2D eigenvalue weighted by Gasteiger charge is 2.52. The summed E-state index contributed by atoms with van der Waals surface area (Å²) in [4.78, 5) is 18.8. The van der Waals surface area contributed by atoms with E-state index in [1.807, 2.05) is 34.7 Å². The number of aromatic nitrogens is 3. The van der Waals surface area contributed by atoms with Gasteiger partial charge in [0.15, 0.2) is 0 Å². The number of fused-ring (bicyclic) bond motifs is 1. The number of aryl methyl sites for hydroxylation is 1. The summed E-state index contributed by atoms with van der Waals surface area (Å²) in [6.45, 7) is 7.99. The SMILES string of the molecule is Cn1cnc(=O)c2cc(B3OC(C)(C)C(C)(C)O3)[nH]c21. The van der Waals surface area contributed by atoms with Crippen molar-refractivity contribution in [1.82, 2.24) is 14.5 Å². The Hall–Kier alpha value is -1.60. The number of aromatic amines is 1. The molecule has 6 nitrogen and oxygen atoms in total. The third-order valence-corrected chi connectivity index (χ3v) is 4.26. The van der Waals surface area contributed by atoms with Crippen LogP contribution in [0.1, 0.15) is 27.7 Å². The van der Waals surface area contributed by atoms with Crippen LogP contribution in [0.3, 0.4) is 0 Å². The molecule has 2 aromatic heterocycles. The van der Waals surface area contributed by atoms with Gasteiger partial charge in [-0.2, -0.15) is 4.98 Å². The third kappa shape index (κ3) is 1.81. The lowest BCUT2D eigenvalue weighted by Gasteiger charge is -2.32. The molecule has 1 N–H and O–H groups in total. The summed E-state index contributed by atoms with van der Waals surface area (Å²) >= 11 is 0. The fourth-order valence-electron chi connectivity index (χ4n) is 2.27. The molecule has 0 saturated carbocycles. The van der Waals surface area contributed by atoms with E-state index >= 15 is 0 Å². The summed E-state index contributed by atoms with van der Waals surface area (Å²) in [5.74, 6) is 0. The number of nitrogens with zero attached hydrogens (tertiary/aromatic N) is 2. The van der Waals surface area contributed by atoms with E-state index in [2.05, 4.69) is 9.97 Å². The van der Waals surface area contributed by atoms with Crippen molar-refractivity contribution in [3.63, 3.8) is 0 Å². The lowest BCUT2D eigenvalue weighted by Crippen LogP contribution is -2.41. The lowest BCUT2D eigenvalue weighted by atomic mass is 9.85. The summed E-state index contributed by atoms with van der Waals surface area (Å²) in [7, 11) is 1.33. The molecule has 3 rings (SSSR count). The van der Waals surface area contributed by atoms with Crippen molar-refractivity contribution in [2.75, 3.05) is 0 Å². The van der Waals surface area contributed by atoms with E-state index in [4.69, 9.17) is 9.31 Å². The zero-order valence-electron chi connectivity index (χ0n) is 12.4. The summed E-state index contributed by atoms with van der Waals surface area (Å²) in [5.41, 5.74) is 0.386. The van der Waals surface area contributed by atoms with Crippen LogP contribution in [0.25, 0.3) is 11.0 Å². The number of hydrogen-bond acceptors (Lipinski definition) is 4. The molecule has 0 atom stereocenters. The van der Waals surface area contributed by atoms with Crippen molar-refractivity contribution in [3.8, 4) is 0 Å². The highest BCUT2D eigenvalue weighted by Crippen LogP contribution is 2.36. The standard InChI is InChI=1S/C13H18BN3O3/c1-12(2)13(3,4)20-14(19-12)9-6-8-10(16-9)17(5)7-15-11(8)18/h6-7,16H,1-5H3. The Morgan fingerprint density at radius 2 is 1.85 bits per heavy atom. The van der Waals surface area contributed by atoms with Crippen LogP contribution in [-0.2, 0) is 16.4 Å². The van der Waals surface area contributed by atoms with Crippen molar-refractivity contribution >= 4 is 23.7 Å². The molecule has 1 aliphatic rings. The molecule has 0 aliphatic carbocycles. The van der Waals surface area contributed by atoms with Gasteiger partial charge in [0.25, 0.3) is 5.56 Å². The number of H-pyrrole nitrogens is 1. The summed E-state index contributed by atoms with van der Waals surface area (Å²) in [6.07, 6.45) is 1.50. The van der Waals surface area contributed by atoms with Crippen LogP contribution >= 0.6 is 0 Å². The molecule has 0 bridgehead atoms. The van der Waals surface area contributed by atoms with E-state index in [1.165, 1.54) is 6.33 Å². The Balaban J connectivity index is 2.07. The lowest BCUT2D eigenvalue weighted by molar-refractivity contribution is 0.00578. The topological polar surface area (TPSA) is 69.1 Å². The second-order valence-corrected chi connectivity index (χ2v) is 6.24. The first-order chi connectivity index (χ1) is 9.21. The molecule has 20 heavy (non-hydrogen) atoms. The molecule has 0 spiro atoms. The van der Waals surface area contributed by atoms with Crippen molar-refractivity contribution in [2.45, 2.75) is 38.9 Å². The molecule has 1 aliphatic heterocycles. The van der Waals surface area contributed by atoms with Crippen molar-refractivity contribution in [2.24, 2.45) is 7.05 Å². The second kappa shape index (κ2) is 3.96. The molecule has 0 amide bonds. The number of hydrogen-bond donors (Lipinski definition) is 1. The van der Waals surface area contributed by atoms with Gasteiger partial charge in [-0.05, 0) is 33.8 Å². The van der Waals surface area contributed by atoms with Gasteiger partial charge in [-0.3, -0.25) is 4.79 Å². The summed E-state index contributed by atoms with van der Waals surface area (Å²) in [6, 6.07) is 1.76. The molecule has 0 radical (unpaired) electrons. The van der Waals surface area contributed by atoms with Gasteiger partial charge in [-0.15, -0.1) is 0 Å². The molecule has 2 aromatic rings. The van der Waals surface area contributed by atoms with E-state index in [0.29, 0.717) is 5.39 Å². The minimum Gasteiger partial charge on any atom is -0.398 e. The van der Waals surface area contributed by atoms with Gasteiger partial charge in [0.05, 0.1) is 16.6 Å². The normalized spacial score (nSPS) is 20.8. The van der Waals surface area contributed by atoms with E-state index in [0.717, 1.165) is 11.2 Å². The van der Waals surface area contributed by atoms with Gasteiger partial charge in [0.2, 0.25) is 0 Å². The number of nitrogens with one attached hydrogen (secondary N) is 1. The summed E-state index contributed by atoms with van der Waals surface area (Å²) < 4.78 is 13.7. The fourth-order valence-corrected chi connectivity index (χ4v) is 2.27. The molecule has 1 fully saturated rings. The fraction of sp³-hybridized carbons (Fsp3) is 0.538. The third-order valence-electron chi connectivity index (χ3n) is 4.26. The predicted molar refractivity (Wildman–Crippen MR) is 77.1 cm³/mol. The zero-order chi connectivity index (χ0) is 14.7. The minimum atomic E-state index is -0.508. The minimum absolute atomic E-state index is 0.253. The van der Waals surface area contributed by atoms with Crippen LogP contribution in [0.5, 0.6) is 0 Å². The van der Waals surface area contributed by atoms with Crippen LogP contribution in [0, 0.1) is 0 Å². The highest BCUT2D eigenvalue weighted by molar-refractivity contribution is 6.61. The maximum atomic E-state index is 11.8. The highest BCUT2D eigenvalue weighted by atomic mass is 16.7. The van der Waals surface area contributed by atoms with Gasteiger partial charge in [0.1, 0.15) is 12.0 Å². The quantitative estimate of drug-likeness (QED) is 0.772. The van der Waals surface area contributed by atoms with Crippen LogP contribution < -0.4 is 11.2 Å². The Kier molecular flexibility index (Phi) is 2.65. The van der Waals surface area contributed by atoms with E-state index in [-0.39, 0.29) is 5.56 Å². The van der Waals surface area contributed by atoms with E-state index in [9.17, 15) is 4.79 Å². The zero-order valence-corrected chi connectivity index (χ0v) is 12.4. The molecule has 106 valence electrons. The summed E-state index contributed by atoms with van der Waals surface area (Å²) in [5, 5.41) is 0.541. The predicted octanol–water partition coefficient (Wildman–Crippen LogP) is 0.561. The number of rotatable bonds is 1. The van der Waals surface area contributed by atoms with Crippen molar-refractivity contribution in [1.29, 1.82) is 0 Å². The van der Waals surface area contributed by atoms with Gasteiger partial charge >= 0.3 is 7.12 Å². The Morgan fingerprint density at radius 1 is 1.25 bits per heavy atom. The second-order valence-electron chi connectivity index (χ2n) is 6.24. The van der Waals surface area contributed by atoms with Crippen LogP contribution in [0.4, 0.5) is 0 Å². The average Bonchev–Trinajstić information content (AvgIpc) is 2.86. The van der Waals surface area contributed by atoms with Gasteiger partial charge in [-0.1, -0.05) is 0 Å². The first-order valence-electron chi connectivity index (χ1n) is 6.61. The molecular weight excluding hydrogens is 257 g/mol. The largest absolute Gasteiger partial charge is 0.512 e. The van der Waals surface area contributed by atoms with Gasteiger partial charge in [0, 0.05) is 12.6 Å². The van der Waals surface area contributed by atoms with Crippen molar-refractivity contribution < 1.29 is 9.31 Å². The van der Waals surface area contributed by atoms with Gasteiger partial charge < -0.3 is 18.9 Å². The molecule has 0 aromatic carbocycles. The maximum absolute atomic E-state index is 11.8. The first kappa shape index (κ1) is 13.4. The maximum Gasteiger partial charge on any atom is 0.512 e. The smallest absolute Gasteiger partial charge is 0.398 e. The van der Waals surface area contributed by atoms with Crippen molar-refractivity contribution in [3.05, 3.63) is 22.7 Å². The van der Waals surface area contributed by atoms with Crippen LogP contribution in [-0.4, -0.2) is 32.9 Å². The van der Waals surface area contributed by atoms with Crippen LogP contribution in [0.15, 0.2) is 17.2 Å². The van der Waals surface area contributed by atoms with E-state index in [1.54, 1.807) is 10.6 Å². The molecule has 1 saturated heterocycles. The molecule has 7 heteroatoms. The first-order valence-corrected chi connectivity index (χ1v) is 6.61. The Morgan fingerprint density at radius 3 is 2.40 bits per heavy atom. The van der Waals surface area contributed by atoms with Gasteiger partial charge in [-0.25, -0.2) is 0 Å². The Labute approximate surface area is 117 Å². The molecular formula is C13H18BN3O3.